The number of methoxy groups -OCH3 is 1. The van der Waals surface area contributed by atoms with Gasteiger partial charge >= 0.3 is 0 Å². The first-order valence-corrected chi connectivity index (χ1v) is 5.97. The molecule has 0 atom stereocenters. The predicted octanol–water partition coefficient (Wildman–Crippen LogP) is 2.95. The molecule has 0 spiro atoms. The van der Waals surface area contributed by atoms with Crippen molar-refractivity contribution in [2.24, 2.45) is 7.05 Å². The number of aryl methyl sites for hydroxylation is 2. The van der Waals surface area contributed by atoms with Crippen molar-refractivity contribution < 1.29 is 4.74 Å². The van der Waals surface area contributed by atoms with Crippen LogP contribution in [0, 0.1) is 13.8 Å². The van der Waals surface area contributed by atoms with Gasteiger partial charge in [0.15, 0.2) is 0 Å². The molecule has 0 fully saturated rings. The summed E-state index contributed by atoms with van der Waals surface area (Å²) in [5, 5.41) is 5.09. The van der Waals surface area contributed by atoms with E-state index in [9.17, 15) is 0 Å². The first kappa shape index (κ1) is 12.8. The average Bonchev–Trinajstić information content (AvgIpc) is 2.66. The number of nitrogens with two attached hydrogens (primary N) is 1. The summed E-state index contributed by atoms with van der Waals surface area (Å²) in [5.41, 5.74) is 9.41. The van der Waals surface area contributed by atoms with Crippen molar-refractivity contribution in [1.82, 2.24) is 9.78 Å². The number of nitrogens with zero attached hydrogens (tertiary/aromatic N) is 2. The first-order valence-electron chi connectivity index (χ1n) is 5.59. The molecule has 0 aliphatic rings. The van der Waals surface area contributed by atoms with Gasteiger partial charge in [-0.2, -0.15) is 5.10 Å². The van der Waals surface area contributed by atoms with Crippen LogP contribution in [0.5, 0.6) is 5.75 Å². The summed E-state index contributed by atoms with van der Waals surface area (Å²) < 4.78 is 7.07. The zero-order valence-corrected chi connectivity index (χ0v) is 11.7. The van der Waals surface area contributed by atoms with Gasteiger partial charge in [-0.25, -0.2) is 0 Å². The molecule has 18 heavy (non-hydrogen) atoms. The summed E-state index contributed by atoms with van der Waals surface area (Å²) >= 11 is 6.23. The van der Waals surface area contributed by atoms with E-state index in [-0.39, 0.29) is 0 Å². The molecular weight excluding hydrogens is 250 g/mol. The summed E-state index contributed by atoms with van der Waals surface area (Å²) in [6, 6.07) is 3.79. The molecular formula is C13H16ClN3O. The van der Waals surface area contributed by atoms with Crippen molar-refractivity contribution in [3.8, 4) is 17.0 Å². The van der Waals surface area contributed by atoms with Gasteiger partial charge in [0, 0.05) is 24.2 Å². The van der Waals surface area contributed by atoms with Crippen LogP contribution in [0.15, 0.2) is 12.1 Å². The van der Waals surface area contributed by atoms with Crippen LogP contribution in [0.1, 0.15) is 11.1 Å². The third-order valence-corrected chi connectivity index (χ3v) is 3.60. The van der Waals surface area contributed by atoms with Crippen molar-refractivity contribution >= 4 is 17.4 Å². The lowest BCUT2D eigenvalue weighted by atomic mass is 10.0. The highest BCUT2D eigenvalue weighted by Crippen LogP contribution is 2.38. The molecule has 1 aromatic carbocycles. The molecule has 0 aliphatic heterocycles. The zero-order chi connectivity index (χ0) is 13.4. The van der Waals surface area contributed by atoms with E-state index in [1.807, 2.05) is 26.0 Å². The maximum Gasteiger partial charge on any atom is 0.132 e. The van der Waals surface area contributed by atoms with Gasteiger partial charge in [0.05, 0.1) is 17.8 Å². The molecule has 2 N–H and O–H groups in total. The van der Waals surface area contributed by atoms with Crippen molar-refractivity contribution in [2.45, 2.75) is 13.8 Å². The van der Waals surface area contributed by atoms with Crippen molar-refractivity contribution in [2.75, 3.05) is 12.8 Å². The molecule has 96 valence electrons. The second-order valence-electron chi connectivity index (χ2n) is 4.29. The van der Waals surface area contributed by atoms with Gasteiger partial charge in [0.2, 0.25) is 0 Å². The third kappa shape index (κ3) is 1.93. The summed E-state index contributed by atoms with van der Waals surface area (Å²) in [4.78, 5) is 0. The summed E-state index contributed by atoms with van der Waals surface area (Å²) in [5.74, 6) is 1.35. The number of anilines is 1. The monoisotopic (exact) mass is 265 g/mol. The lowest BCUT2D eigenvalue weighted by molar-refractivity contribution is 0.413. The van der Waals surface area contributed by atoms with Crippen LogP contribution in [0.4, 0.5) is 5.82 Å². The maximum atomic E-state index is 6.23. The predicted molar refractivity (Wildman–Crippen MR) is 74.1 cm³/mol. The molecule has 2 aromatic rings. The van der Waals surface area contributed by atoms with E-state index >= 15 is 0 Å². The van der Waals surface area contributed by atoms with E-state index in [2.05, 4.69) is 5.10 Å². The fourth-order valence-electron chi connectivity index (χ4n) is 2.01. The Morgan fingerprint density at radius 1 is 1.33 bits per heavy atom. The molecule has 0 unspecified atom stereocenters. The van der Waals surface area contributed by atoms with Crippen molar-refractivity contribution in [1.29, 1.82) is 0 Å². The fourth-order valence-corrected chi connectivity index (χ4v) is 2.15. The number of hydrogen-bond donors (Lipinski definition) is 1. The molecule has 5 heteroatoms. The normalized spacial score (nSPS) is 10.7. The summed E-state index contributed by atoms with van der Waals surface area (Å²) in [6.45, 7) is 3.90. The SMILES string of the molecule is COc1c(-c2cc(N)n(C)n2)cc(C)c(Cl)c1C. The Balaban J connectivity index is 2.70. The van der Waals surface area contributed by atoms with E-state index in [1.54, 1.807) is 18.8 Å². The smallest absolute Gasteiger partial charge is 0.132 e. The Bertz CT molecular complexity index is 585. The number of ether oxygens (including phenoxy) is 1. The highest BCUT2D eigenvalue weighted by Gasteiger charge is 2.16. The Morgan fingerprint density at radius 3 is 2.50 bits per heavy atom. The van der Waals surface area contributed by atoms with Crippen LogP contribution in [0.25, 0.3) is 11.3 Å². The molecule has 0 aliphatic carbocycles. The lowest BCUT2D eigenvalue weighted by Gasteiger charge is -2.13. The molecule has 1 aromatic heterocycles. The minimum Gasteiger partial charge on any atom is -0.496 e. The van der Waals surface area contributed by atoms with Crippen molar-refractivity contribution in [3.63, 3.8) is 0 Å². The fraction of sp³-hybridized carbons (Fsp3) is 0.308. The van der Waals surface area contributed by atoms with Gasteiger partial charge in [-0.3, -0.25) is 4.68 Å². The van der Waals surface area contributed by atoms with E-state index in [1.165, 1.54) is 0 Å². The van der Waals surface area contributed by atoms with Gasteiger partial charge in [-0.15, -0.1) is 0 Å². The number of rotatable bonds is 2. The molecule has 4 nitrogen and oxygen atoms in total. The first-order chi connectivity index (χ1) is 8.45. The van der Waals surface area contributed by atoms with Crippen LogP contribution < -0.4 is 10.5 Å². The molecule has 0 saturated heterocycles. The Hall–Kier alpha value is -1.68. The number of hydrogen-bond acceptors (Lipinski definition) is 3. The van der Waals surface area contributed by atoms with Crippen LogP contribution >= 0.6 is 11.6 Å². The van der Waals surface area contributed by atoms with Crippen molar-refractivity contribution in [3.05, 3.63) is 28.3 Å². The van der Waals surface area contributed by atoms with E-state index in [0.29, 0.717) is 5.82 Å². The molecule has 0 saturated carbocycles. The second kappa shape index (κ2) is 4.53. The lowest BCUT2D eigenvalue weighted by Crippen LogP contribution is -1.97. The standard InChI is InChI=1S/C13H16ClN3O/c1-7-5-9(10-6-11(15)17(3)16-10)13(18-4)8(2)12(7)14/h5-6H,15H2,1-4H3. The van der Waals surface area contributed by atoms with Gasteiger partial charge in [0.1, 0.15) is 11.6 Å². The number of benzene rings is 1. The Morgan fingerprint density at radius 2 is 2.00 bits per heavy atom. The van der Waals surface area contributed by atoms with Gasteiger partial charge in [0.25, 0.3) is 0 Å². The summed E-state index contributed by atoms with van der Waals surface area (Å²) in [7, 11) is 3.44. The molecule has 0 amide bonds. The largest absolute Gasteiger partial charge is 0.496 e. The summed E-state index contributed by atoms with van der Waals surface area (Å²) in [6.07, 6.45) is 0. The minimum absolute atomic E-state index is 0.609. The number of nitrogen functional groups attached to an aromatic ring is 1. The maximum absolute atomic E-state index is 6.23. The van der Waals surface area contributed by atoms with Crippen LogP contribution in [-0.4, -0.2) is 16.9 Å². The minimum atomic E-state index is 0.609. The van der Waals surface area contributed by atoms with E-state index in [4.69, 9.17) is 22.1 Å². The number of halogens is 1. The quantitative estimate of drug-likeness (QED) is 0.908. The molecule has 2 rings (SSSR count). The topological polar surface area (TPSA) is 53.1 Å². The van der Waals surface area contributed by atoms with E-state index in [0.717, 1.165) is 33.2 Å². The van der Waals surface area contributed by atoms with Gasteiger partial charge in [-0.05, 0) is 25.5 Å². The Kier molecular flexibility index (Phi) is 3.22. The third-order valence-electron chi connectivity index (χ3n) is 3.02. The average molecular weight is 266 g/mol. The van der Waals surface area contributed by atoms with Gasteiger partial charge in [-0.1, -0.05) is 11.6 Å². The number of aromatic nitrogens is 2. The molecule has 0 radical (unpaired) electrons. The van der Waals surface area contributed by atoms with Gasteiger partial charge < -0.3 is 10.5 Å². The van der Waals surface area contributed by atoms with E-state index < -0.39 is 0 Å². The van der Waals surface area contributed by atoms with Crippen LogP contribution in [-0.2, 0) is 7.05 Å². The highest BCUT2D eigenvalue weighted by atomic mass is 35.5. The van der Waals surface area contributed by atoms with Crippen LogP contribution in [0.3, 0.4) is 0 Å². The molecule has 1 heterocycles. The second-order valence-corrected chi connectivity index (χ2v) is 4.67. The molecule has 0 bridgehead atoms. The van der Waals surface area contributed by atoms with Crippen LogP contribution in [0.2, 0.25) is 5.02 Å². The Labute approximate surface area is 111 Å². The zero-order valence-electron chi connectivity index (χ0n) is 10.9. The highest BCUT2D eigenvalue weighted by molar-refractivity contribution is 6.32.